The number of fused-ring (bicyclic) bond motifs is 1. The highest BCUT2D eigenvalue weighted by Crippen LogP contribution is 2.28. The molecule has 0 fully saturated rings. The zero-order valence-electron chi connectivity index (χ0n) is 15.2. The molecule has 2 heterocycles. The van der Waals surface area contributed by atoms with Gasteiger partial charge in [-0.2, -0.15) is 0 Å². The van der Waals surface area contributed by atoms with Gasteiger partial charge in [-0.1, -0.05) is 12.8 Å². The Morgan fingerprint density at radius 1 is 1.07 bits per heavy atom. The van der Waals surface area contributed by atoms with Gasteiger partial charge >= 0.3 is 0 Å². The maximum atomic E-state index is 12.4. The summed E-state index contributed by atoms with van der Waals surface area (Å²) < 4.78 is 4.84. The number of aryl methyl sites for hydroxylation is 2. The third-order valence-corrected chi connectivity index (χ3v) is 5.78. The average Bonchev–Trinajstić information content (AvgIpc) is 3.29. The minimum atomic E-state index is -0.809. The van der Waals surface area contributed by atoms with Crippen LogP contribution in [0.4, 0.5) is 0 Å². The second-order valence-electron chi connectivity index (χ2n) is 6.62. The number of furan rings is 1. The summed E-state index contributed by atoms with van der Waals surface area (Å²) in [5.74, 6) is -1.26. The maximum Gasteiger partial charge on any atom is 0.279 e. The third-order valence-electron chi connectivity index (χ3n) is 4.54. The second-order valence-corrected chi connectivity index (χ2v) is 7.76. The Hall–Kier alpha value is -2.61. The molecule has 27 heavy (non-hydrogen) atoms. The van der Waals surface area contributed by atoms with E-state index in [4.69, 9.17) is 4.42 Å². The summed E-state index contributed by atoms with van der Waals surface area (Å²) in [4.78, 5) is 38.2. The molecular formula is C19H23N3O4S. The van der Waals surface area contributed by atoms with E-state index in [0.29, 0.717) is 10.4 Å². The number of carbonyl (C=O) groups is 3. The van der Waals surface area contributed by atoms with E-state index in [1.54, 1.807) is 0 Å². The van der Waals surface area contributed by atoms with Gasteiger partial charge in [0.05, 0.1) is 16.7 Å². The Morgan fingerprint density at radius 2 is 1.85 bits per heavy atom. The number of hydrogen-bond donors (Lipinski definition) is 3. The largest absolute Gasteiger partial charge is 0.472 e. The number of hydrogen-bond acceptors (Lipinski definition) is 5. The monoisotopic (exact) mass is 389 g/mol. The van der Waals surface area contributed by atoms with Crippen LogP contribution in [0.5, 0.6) is 0 Å². The Labute approximate surface area is 161 Å². The van der Waals surface area contributed by atoms with E-state index in [1.807, 2.05) is 6.07 Å². The number of nitrogens with one attached hydrogen (secondary N) is 3. The molecule has 1 atom stereocenters. The van der Waals surface area contributed by atoms with Gasteiger partial charge in [-0.15, -0.1) is 11.3 Å². The number of amides is 3. The average molecular weight is 389 g/mol. The van der Waals surface area contributed by atoms with Crippen molar-refractivity contribution in [3.8, 4) is 0 Å². The van der Waals surface area contributed by atoms with Gasteiger partial charge < -0.3 is 9.73 Å². The van der Waals surface area contributed by atoms with Gasteiger partial charge in [-0.3, -0.25) is 25.2 Å². The molecule has 0 aromatic carbocycles. The van der Waals surface area contributed by atoms with Crippen molar-refractivity contribution in [2.75, 3.05) is 0 Å². The number of carbonyl (C=O) groups excluding carboxylic acids is 3. The summed E-state index contributed by atoms with van der Waals surface area (Å²) in [6.45, 7) is 1.54. The molecule has 8 heteroatoms. The van der Waals surface area contributed by atoms with Crippen molar-refractivity contribution in [3.63, 3.8) is 0 Å². The third kappa shape index (κ3) is 4.97. The predicted octanol–water partition coefficient (Wildman–Crippen LogP) is 2.58. The van der Waals surface area contributed by atoms with Crippen LogP contribution in [-0.4, -0.2) is 23.8 Å². The fourth-order valence-corrected chi connectivity index (χ4v) is 4.13. The molecule has 0 saturated heterocycles. The van der Waals surface area contributed by atoms with Crippen LogP contribution in [0, 0.1) is 0 Å². The smallest absolute Gasteiger partial charge is 0.279 e. The molecule has 7 nitrogen and oxygen atoms in total. The van der Waals surface area contributed by atoms with Gasteiger partial charge in [0.2, 0.25) is 0 Å². The van der Waals surface area contributed by atoms with Crippen molar-refractivity contribution in [2.45, 2.75) is 51.5 Å². The predicted molar refractivity (Wildman–Crippen MR) is 101 cm³/mol. The van der Waals surface area contributed by atoms with E-state index in [0.717, 1.165) is 25.7 Å². The SMILES string of the molecule is CC(NC(=O)c1ccoc1)C(=O)NNC(=O)c1cc2c(s1)CCCCCC2. The fraction of sp³-hybridized carbons (Fsp3) is 0.421. The van der Waals surface area contributed by atoms with Crippen molar-refractivity contribution in [3.05, 3.63) is 45.5 Å². The van der Waals surface area contributed by atoms with E-state index >= 15 is 0 Å². The van der Waals surface area contributed by atoms with Crippen LogP contribution in [-0.2, 0) is 17.6 Å². The Balaban J connectivity index is 1.51. The highest BCUT2D eigenvalue weighted by atomic mass is 32.1. The van der Waals surface area contributed by atoms with E-state index < -0.39 is 17.9 Å². The number of thiophene rings is 1. The molecule has 1 aliphatic carbocycles. The number of rotatable bonds is 4. The molecule has 1 unspecified atom stereocenters. The quantitative estimate of drug-likeness (QED) is 0.700. The molecular weight excluding hydrogens is 366 g/mol. The minimum absolute atomic E-state index is 0.328. The lowest BCUT2D eigenvalue weighted by molar-refractivity contribution is -0.123. The lowest BCUT2D eigenvalue weighted by Crippen LogP contribution is -2.50. The van der Waals surface area contributed by atoms with Crippen molar-refractivity contribution < 1.29 is 18.8 Å². The van der Waals surface area contributed by atoms with Crippen molar-refractivity contribution in [1.29, 1.82) is 0 Å². The summed E-state index contributed by atoms with van der Waals surface area (Å²) in [5, 5.41) is 2.54. The Bertz CT molecular complexity index is 788. The normalized spacial score (nSPS) is 15.0. The van der Waals surface area contributed by atoms with Crippen LogP contribution in [0.2, 0.25) is 0 Å². The van der Waals surface area contributed by atoms with Gasteiger partial charge in [-0.25, -0.2) is 0 Å². The minimum Gasteiger partial charge on any atom is -0.472 e. The molecule has 1 aliphatic rings. The Morgan fingerprint density at radius 3 is 2.59 bits per heavy atom. The maximum absolute atomic E-state index is 12.4. The summed E-state index contributed by atoms with van der Waals surface area (Å²) in [7, 11) is 0. The molecule has 3 N–H and O–H groups in total. The van der Waals surface area contributed by atoms with Gasteiger partial charge in [0.25, 0.3) is 17.7 Å². The van der Waals surface area contributed by atoms with Crippen LogP contribution in [0.1, 0.15) is 63.1 Å². The molecule has 0 radical (unpaired) electrons. The van der Waals surface area contributed by atoms with Gasteiger partial charge in [-0.05, 0) is 50.3 Å². The van der Waals surface area contributed by atoms with Crippen LogP contribution in [0.3, 0.4) is 0 Å². The van der Waals surface area contributed by atoms with Gasteiger partial charge in [0, 0.05) is 4.88 Å². The van der Waals surface area contributed by atoms with Crippen LogP contribution in [0.15, 0.2) is 29.1 Å². The molecule has 2 aromatic rings. The Kier molecular flexibility index (Phi) is 6.28. The first kappa shape index (κ1) is 19.2. The highest BCUT2D eigenvalue weighted by Gasteiger charge is 2.19. The lowest BCUT2D eigenvalue weighted by atomic mass is 10.00. The standard InChI is InChI=1S/C19H23N3O4S/c1-12(20-18(24)14-8-9-26-11-14)17(23)21-22-19(25)16-10-13-6-4-2-3-5-7-15(13)27-16/h8-12H,2-7H2,1H3,(H,20,24)(H,21,23)(H,22,25). The van der Waals surface area contributed by atoms with Crippen LogP contribution < -0.4 is 16.2 Å². The molecule has 0 saturated carbocycles. The molecule has 0 aliphatic heterocycles. The molecule has 3 rings (SSSR count). The van der Waals surface area contributed by atoms with Gasteiger partial charge in [0.1, 0.15) is 12.3 Å². The molecule has 0 bridgehead atoms. The molecule has 144 valence electrons. The first-order valence-electron chi connectivity index (χ1n) is 9.09. The van der Waals surface area contributed by atoms with E-state index in [-0.39, 0.29) is 5.91 Å². The summed E-state index contributed by atoms with van der Waals surface area (Å²) in [6, 6.07) is 2.62. The molecule has 3 amide bonds. The summed E-state index contributed by atoms with van der Waals surface area (Å²) >= 11 is 1.49. The first-order chi connectivity index (χ1) is 13.0. The zero-order chi connectivity index (χ0) is 19.2. The van der Waals surface area contributed by atoms with E-state index in [9.17, 15) is 14.4 Å². The summed E-state index contributed by atoms with van der Waals surface area (Å²) in [6.07, 6.45) is 9.45. The first-order valence-corrected chi connectivity index (χ1v) is 9.91. The van der Waals surface area contributed by atoms with Crippen molar-refractivity contribution >= 4 is 29.1 Å². The fourth-order valence-electron chi connectivity index (χ4n) is 2.98. The van der Waals surface area contributed by atoms with E-state index in [2.05, 4.69) is 16.2 Å². The van der Waals surface area contributed by atoms with E-state index in [1.165, 1.54) is 60.1 Å². The van der Waals surface area contributed by atoms with Crippen LogP contribution in [0.25, 0.3) is 0 Å². The zero-order valence-corrected chi connectivity index (χ0v) is 16.0. The lowest BCUT2D eigenvalue weighted by Gasteiger charge is -2.13. The van der Waals surface area contributed by atoms with Gasteiger partial charge in [0.15, 0.2) is 0 Å². The van der Waals surface area contributed by atoms with Crippen molar-refractivity contribution in [2.24, 2.45) is 0 Å². The molecule has 0 spiro atoms. The highest BCUT2D eigenvalue weighted by molar-refractivity contribution is 7.14. The number of hydrazine groups is 1. The molecule has 2 aromatic heterocycles. The topological polar surface area (TPSA) is 100 Å². The second kappa shape index (κ2) is 8.85. The van der Waals surface area contributed by atoms with Crippen molar-refractivity contribution in [1.82, 2.24) is 16.2 Å². The van der Waals surface area contributed by atoms with Crippen LogP contribution >= 0.6 is 11.3 Å². The summed E-state index contributed by atoms with van der Waals surface area (Å²) in [5.41, 5.74) is 6.37.